The van der Waals surface area contributed by atoms with E-state index in [0.29, 0.717) is 5.52 Å². The number of hydrogen-bond acceptors (Lipinski definition) is 1. The normalized spacial score (nSPS) is 13.6. The van der Waals surface area contributed by atoms with Crippen molar-refractivity contribution in [1.29, 1.82) is 0 Å². The van der Waals surface area contributed by atoms with Crippen LogP contribution in [-0.2, 0) is 6.18 Å². The third kappa shape index (κ3) is 3.28. The molecule has 3 aromatic rings. The van der Waals surface area contributed by atoms with E-state index in [1.165, 1.54) is 6.07 Å². The molecule has 1 aromatic heterocycles. The first-order valence-electron chi connectivity index (χ1n) is 8.47. The zero-order chi connectivity index (χ0) is 18.2. The lowest BCUT2D eigenvalue weighted by molar-refractivity contribution is -0.137. The average Bonchev–Trinajstić information content (AvgIpc) is 2.94. The van der Waals surface area contributed by atoms with E-state index in [1.807, 2.05) is 44.2 Å². The van der Waals surface area contributed by atoms with Crippen LogP contribution >= 0.6 is 0 Å². The minimum atomic E-state index is -4.36. The van der Waals surface area contributed by atoms with Crippen molar-refractivity contribution in [2.24, 2.45) is 0 Å². The zero-order valence-corrected chi connectivity index (χ0v) is 14.5. The second kappa shape index (κ2) is 6.54. The van der Waals surface area contributed by atoms with Crippen LogP contribution in [0.2, 0.25) is 0 Å². The van der Waals surface area contributed by atoms with Crippen molar-refractivity contribution in [2.75, 3.05) is 0 Å². The molecule has 3 rings (SSSR count). The molecule has 0 N–H and O–H groups in total. The summed E-state index contributed by atoms with van der Waals surface area (Å²) >= 11 is 0. The summed E-state index contributed by atoms with van der Waals surface area (Å²) in [7, 11) is 0. The van der Waals surface area contributed by atoms with Gasteiger partial charge in [-0.1, -0.05) is 37.3 Å². The van der Waals surface area contributed by atoms with Gasteiger partial charge < -0.3 is 4.57 Å². The molecule has 0 spiro atoms. The van der Waals surface area contributed by atoms with Crippen LogP contribution in [0, 0.1) is 0 Å². The maximum atomic E-state index is 13.0. The standard InChI is InChI=1S/C20H21F3N2/c1-4-16(14-8-6-5-7-9-14)19-24-17-12-15(20(21,22)23)10-11-18(17)25(19)13(2)3/h5-13,16H,4H2,1-3H3. The van der Waals surface area contributed by atoms with Crippen LogP contribution in [0.5, 0.6) is 0 Å². The molecular weight excluding hydrogens is 325 g/mol. The first kappa shape index (κ1) is 17.5. The Balaban J connectivity index is 2.21. The molecule has 2 nitrogen and oxygen atoms in total. The van der Waals surface area contributed by atoms with Crippen molar-refractivity contribution in [3.63, 3.8) is 0 Å². The molecule has 0 amide bonds. The Morgan fingerprint density at radius 1 is 1.04 bits per heavy atom. The largest absolute Gasteiger partial charge is 0.416 e. The molecule has 132 valence electrons. The zero-order valence-electron chi connectivity index (χ0n) is 14.5. The Hall–Kier alpha value is -2.30. The van der Waals surface area contributed by atoms with Gasteiger partial charge in [0.25, 0.3) is 0 Å². The van der Waals surface area contributed by atoms with Crippen molar-refractivity contribution in [3.05, 3.63) is 65.5 Å². The van der Waals surface area contributed by atoms with Crippen molar-refractivity contribution < 1.29 is 13.2 Å². The topological polar surface area (TPSA) is 17.8 Å². The van der Waals surface area contributed by atoms with E-state index in [0.717, 1.165) is 35.5 Å². The van der Waals surface area contributed by atoms with Crippen LogP contribution in [0.3, 0.4) is 0 Å². The summed E-state index contributed by atoms with van der Waals surface area (Å²) in [6.07, 6.45) is -3.54. The van der Waals surface area contributed by atoms with Crippen LogP contribution in [-0.4, -0.2) is 9.55 Å². The minimum Gasteiger partial charge on any atom is -0.325 e. The highest BCUT2D eigenvalue weighted by Gasteiger charge is 2.31. The summed E-state index contributed by atoms with van der Waals surface area (Å²) < 4.78 is 41.2. The second-order valence-corrected chi connectivity index (χ2v) is 6.51. The van der Waals surface area contributed by atoms with E-state index in [2.05, 4.69) is 16.5 Å². The van der Waals surface area contributed by atoms with Crippen LogP contribution in [0.1, 0.15) is 56.1 Å². The van der Waals surface area contributed by atoms with Gasteiger partial charge in [0.1, 0.15) is 5.82 Å². The van der Waals surface area contributed by atoms with Gasteiger partial charge in [-0.2, -0.15) is 13.2 Å². The summed E-state index contributed by atoms with van der Waals surface area (Å²) in [6.45, 7) is 6.13. The highest BCUT2D eigenvalue weighted by Crippen LogP contribution is 2.35. The van der Waals surface area contributed by atoms with Crippen LogP contribution in [0.15, 0.2) is 48.5 Å². The molecule has 0 aliphatic rings. The third-order valence-corrected chi connectivity index (χ3v) is 4.48. The first-order valence-corrected chi connectivity index (χ1v) is 8.47. The number of alkyl halides is 3. The Labute approximate surface area is 145 Å². The number of hydrogen-bond donors (Lipinski definition) is 0. The molecule has 25 heavy (non-hydrogen) atoms. The van der Waals surface area contributed by atoms with Gasteiger partial charge in [-0.05, 0) is 44.0 Å². The van der Waals surface area contributed by atoms with Crippen molar-refractivity contribution in [1.82, 2.24) is 9.55 Å². The molecule has 0 aliphatic heterocycles. The molecule has 0 fully saturated rings. The van der Waals surface area contributed by atoms with Gasteiger partial charge in [-0.15, -0.1) is 0 Å². The highest BCUT2D eigenvalue weighted by atomic mass is 19.4. The SMILES string of the molecule is CCC(c1ccccc1)c1nc2cc(C(F)(F)F)ccc2n1C(C)C. The van der Waals surface area contributed by atoms with Crippen LogP contribution in [0.25, 0.3) is 11.0 Å². The summed E-state index contributed by atoms with van der Waals surface area (Å²) in [5.74, 6) is 0.864. The Morgan fingerprint density at radius 3 is 2.28 bits per heavy atom. The molecule has 0 saturated heterocycles. The smallest absolute Gasteiger partial charge is 0.325 e. The number of halogens is 3. The summed E-state index contributed by atoms with van der Waals surface area (Å²) in [6, 6.07) is 13.9. The number of fused-ring (bicyclic) bond motifs is 1. The van der Waals surface area contributed by atoms with Gasteiger partial charge in [-0.3, -0.25) is 0 Å². The van der Waals surface area contributed by atoms with Crippen LogP contribution in [0.4, 0.5) is 13.2 Å². The van der Waals surface area contributed by atoms with Gasteiger partial charge in [-0.25, -0.2) is 4.98 Å². The van der Waals surface area contributed by atoms with Gasteiger partial charge in [0, 0.05) is 12.0 Å². The molecule has 2 aromatic carbocycles. The fourth-order valence-electron chi connectivity index (χ4n) is 3.33. The summed E-state index contributed by atoms with van der Waals surface area (Å²) in [4.78, 5) is 4.62. The fourth-order valence-corrected chi connectivity index (χ4v) is 3.33. The molecule has 0 saturated carbocycles. The van der Waals surface area contributed by atoms with E-state index in [4.69, 9.17) is 0 Å². The fraction of sp³-hybridized carbons (Fsp3) is 0.350. The van der Waals surface area contributed by atoms with Gasteiger partial charge in [0.2, 0.25) is 0 Å². The first-order chi connectivity index (χ1) is 11.8. The van der Waals surface area contributed by atoms with Gasteiger partial charge >= 0.3 is 6.18 Å². The number of nitrogens with zero attached hydrogens (tertiary/aromatic N) is 2. The third-order valence-electron chi connectivity index (χ3n) is 4.48. The molecule has 1 heterocycles. The number of aromatic nitrogens is 2. The molecule has 1 unspecified atom stereocenters. The maximum Gasteiger partial charge on any atom is 0.416 e. The van der Waals surface area contributed by atoms with Crippen molar-refractivity contribution >= 4 is 11.0 Å². The van der Waals surface area contributed by atoms with Crippen molar-refractivity contribution in [2.45, 2.75) is 45.3 Å². The Bertz CT molecular complexity index is 864. The van der Waals surface area contributed by atoms with Gasteiger partial charge in [0.15, 0.2) is 0 Å². The molecule has 0 aliphatic carbocycles. The number of benzene rings is 2. The molecule has 0 radical (unpaired) electrons. The van der Waals surface area contributed by atoms with E-state index in [-0.39, 0.29) is 12.0 Å². The average molecular weight is 346 g/mol. The highest BCUT2D eigenvalue weighted by molar-refractivity contribution is 5.77. The van der Waals surface area contributed by atoms with Crippen LogP contribution < -0.4 is 0 Å². The van der Waals surface area contributed by atoms with E-state index < -0.39 is 11.7 Å². The summed E-state index contributed by atoms with van der Waals surface area (Å²) in [5.41, 5.74) is 1.60. The minimum absolute atomic E-state index is 0.0466. The van der Waals surface area contributed by atoms with Crippen molar-refractivity contribution in [3.8, 4) is 0 Å². The number of imidazole rings is 1. The Morgan fingerprint density at radius 2 is 1.72 bits per heavy atom. The second-order valence-electron chi connectivity index (χ2n) is 6.51. The molecule has 1 atom stereocenters. The van der Waals surface area contributed by atoms with Gasteiger partial charge in [0.05, 0.1) is 16.6 Å². The van der Waals surface area contributed by atoms with E-state index >= 15 is 0 Å². The maximum absolute atomic E-state index is 13.0. The molecule has 5 heteroatoms. The van der Waals surface area contributed by atoms with E-state index in [9.17, 15) is 13.2 Å². The lowest BCUT2D eigenvalue weighted by Crippen LogP contribution is -2.12. The lowest BCUT2D eigenvalue weighted by Gasteiger charge is -2.20. The summed E-state index contributed by atoms with van der Waals surface area (Å²) in [5, 5.41) is 0. The molecule has 0 bridgehead atoms. The molecular formula is C20H21F3N2. The lowest BCUT2D eigenvalue weighted by atomic mass is 9.95. The quantitative estimate of drug-likeness (QED) is 0.552. The monoisotopic (exact) mass is 346 g/mol. The van der Waals surface area contributed by atoms with E-state index in [1.54, 1.807) is 0 Å². The number of rotatable bonds is 4. The Kier molecular flexibility index (Phi) is 4.58. The predicted molar refractivity (Wildman–Crippen MR) is 93.7 cm³/mol. The predicted octanol–water partition coefficient (Wildman–Crippen LogP) is 6.18.